The third-order valence-corrected chi connectivity index (χ3v) is 6.21. The molecule has 4 rings (SSSR count). The summed E-state index contributed by atoms with van der Waals surface area (Å²) in [6.45, 7) is 3.38. The Morgan fingerprint density at radius 3 is 2.96 bits per heavy atom. The number of hydrogen-bond donors (Lipinski definition) is 0. The van der Waals surface area contributed by atoms with Crippen LogP contribution in [0.1, 0.15) is 40.2 Å². The lowest BCUT2D eigenvalue weighted by Crippen LogP contribution is -2.42. The lowest BCUT2D eigenvalue weighted by Gasteiger charge is -2.32. The minimum Gasteiger partial charge on any atom is -0.454 e. The topological polar surface area (TPSA) is 68.7 Å². The lowest BCUT2D eigenvalue weighted by molar-refractivity contribution is -0.132. The average Bonchev–Trinajstić information content (AvgIpc) is 3.33. The number of Topliss-reactive ketones (excluding diaryl/α,β-unsaturated/α-hetero) is 1. The highest BCUT2D eigenvalue weighted by Crippen LogP contribution is 2.34. The molecule has 0 aliphatic carbocycles. The zero-order chi connectivity index (χ0) is 18.8. The van der Waals surface area contributed by atoms with Crippen molar-refractivity contribution in [2.24, 2.45) is 5.92 Å². The van der Waals surface area contributed by atoms with E-state index in [1.807, 2.05) is 17.3 Å². The van der Waals surface area contributed by atoms with Gasteiger partial charge in [0.25, 0.3) is 0 Å². The van der Waals surface area contributed by atoms with Crippen LogP contribution in [-0.2, 0) is 11.2 Å². The van der Waals surface area contributed by atoms with E-state index in [0.717, 1.165) is 30.0 Å². The largest absolute Gasteiger partial charge is 0.454 e. The summed E-state index contributed by atoms with van der Waals surface area (Å²) >= 11 is 1.59. The van der Waals surface area contributed by atoms with E-state index in [-0.39, 0.29) is 24.4 Å². The maximum Gasteiger partial charge on any atom is 0.231 e. The van der Waals surface area contributed by atoms with Crippen molar-refractivity contribution in [2.75, 3.05) is 19.9 Å². The van der Waals surface area contributed by atoms with Gasteiger partial charge < -0.3 is 14.4 Å². The third-order valence-electron chi connectivity index (χ3n) is 5.21. The quantitative estimate of drug-likeness (QED) is 0.738. The number of thiazole rings is 1. The van der Waals surface area contributed by atoms with Crippen molar-refractivity contribution in [3.05, 3.63) is 39.8 Å². The molecule has 2 aliphatic heterocycles. The number of likely N-dealkylation sites (tertiary alicyclic amines) is 1. The van der Waals surface area contributed by atoms with Gasteiger partial charge in [0.2, 0.25) is 12.7 Å². The first-order valence-electron chi connectivity index (χ1n) is 9.22. The summed E-state index contributed by atoms with van der Waals surface area (Å²) in [5, 5.41) is 0. The highest BCUT2D eigenvalue weighted by atomic mass is 32.1. The first-order valence-corrected chi connectivity index (χ1v) is 10.1. The summed E-state index contributed by atoms with van der Waals surface area (Å²) in [6.07, 6.45) is 2.85. The molecule has 2 aromatic rings. The summed E-state index contributed by atoms with van der Waals surface area (Å²) in [4.78, 5) is 32.8. The number of piperidine rings is 1. The van der Waals surface area contributed by atoms with Crippen LogP contribution in [0, 0.1) is 12.8 Å². The van der Waals surface area contributed by atoms with Crippen LogP contribution in [0.4, 0.5) is 0 Å². The van der Waals surface area contributed by atoms with Crippen LogP contribution in [-0.4, -0.2) is 41.5 Å². The molecule has 0 saturated carbocycles. The van der Waals surface area contributed by atoms with Gasteiger partial charge in [-0.15, -0.1) is 11.3 Å². The highest BCUT2D eigenvalue weighted by molar-refractivity contribution is 7.09. The molecule has 1 atom stereocenters. The van der Waals surface area contributed by atoms with Gasteiger partial charge in [-0.25, -0.2) is 4.98 Å². The summed E-state index contributed by atoms with van der Waals surface area (Å²) < 4.78 is 10.7. The zero-order valence-corrected chi connectivity index (χ0v) is 16.1. The van der Waals surface area contributed by atoms with Crippen LogP contribution in [0.15, 0.2) is 23.7 Å². The number of aromatic nitrogens is 1. The van der Waals surface area contributed by atoms with Gasteiger partial charge in [0.05, 0.1) is 11.2 Å². The Hall–Kier alpha value is -2.41. The Morgan fingerprint density at radius 1 is 1.30 bits per heavy atom. The molecule has 0 spiro atoms. The van der Waals surface area contributed by atoms with Crippen molar-refractivity contribution < 1.29 is 19.1 Å². The molecule has 27 heavy (non-hydrogen) atoms. The predicted octanol–water partition coefficient (Wildman–Crippen LogP) is 3.23. The van der Waals surface area contributed by atoms with Crippen LogP contribution in [0.2, 0.25) is 0 Å². The number of fused-ring (bicyclic) bond motifs is 1. The Morgan fingerprint density at radius 2 is 2.15 bits per heavy atom. The number of rotatable bonds is 5. The van der Waals surface area contributed by atoms with E-state index in [4.69, 9.17) is 9.47 Å². The molecule has 0 bridgehead atoms. The predicted molar refractivity (Wildman–Crippen MR) is 101 cm³/mol. The van der Waals surface area contributed by atoms with Crippen molar-refractivity contribution in [1.29, 1.82) is 0 Å². The van der Waals surface area contributed by atoms with Gasteiger partial charge in [-0.2, -0.15) is 0 Å². The van der Waals surface area contributed by atoms with Gasteiger partial charge in [0.15, 0.2) is 17.3 Å². The van der Waals surface area contributed by atoms with Gasteiger partial charge in [-0.1, -0.05) is 0 Å². The van der Waals surface area contributed by atoms with E-state index in [1.165, 1.54) is 0 Å². The lowest BCUT2D eigenvalue weighted by atomic mass is 9.89. The molecule has 1 aromatic carbocycles. The number of benzene rings is 1. The monoisotopic (exact) mass is 386 g/mol. The van der Waals surface area contributed by atoms with E-state index in [0.29, 0.717) is 36.4 Å². The van der Waals surface area contributed by atoms with Crippen molar-refractivity contribution in [2.45, 2.75) is 32.6 Å². The number of hydrogen-bond acceptors (Lipinski definition) is 6. The van der Waals surface area contributed by atoms with Crippen LogP contribution >= 0.6 is 11.3 Å². The van der Waals surface area contributed by atoms with Crippen molar-refractivity contribution in [1.82, 2.24) is 9.88 Å². The number of aryl methyl sites for hydroxylation is 2. The normalized spacial score (nSPS) is 18.6. The fourth-order valence-electron chi connectivity index (χ4n) is 3.65. The van der Waals surface area contributed by atoms with E-state index in [1.54, 1.807) is 29.5 Å². The summed E-state index contributed by atoms with van der Waals surface area (Å²) in [5.41, 5.74) is 3.44. The molecule has 0 unspecified atom stereocenters. The number of carbonyl (C=O) groups is 2. The van der Waals surface area contributed by atoms with Gasteiger partial charge in [-0.3, -0.25) is 9.59 Å². The molecule has 3 heterocycles. The van der Waals surface area contributed by atoms with Crippen molar-refractivity contribution in [3.8, 4) is 11.5 Å². The molecule has 1 amide bonds. The second-order valence-corrected chi connectivity index (χ2v) is 7.91. The second kappa shape index (κ2) is 7.68. The third kappa shape index (κ3) is 3.83. The molecule has 1 saturated heterocycles. The fourth-order valence-corrected chi connectivity index (χ4v) is 4.43. The molecular weight excluding hydrogens is 364 g/mol. The van der Waals surface area contributed by atoms with E-state index >= 15 is 0 Å². The molecular formula is C20H22N2O4S. The van der Waals surface area contributed by atoms with Gasteiger partial charge in [-0.05, 0) is 44.4 Å². The number of amides is 1. The second-order valence-electron chi connectivity index (χ2n) is 6.97. The van der Waals surface area contributed by atoms with E-state index in [2.05, 4.69) is 4.98 Å². The molecule has 142 valence electrons. The van der Waals surface area contributed by atoms with Gasteiger partial charge in [0.1, 0.15) is 0 Å². The molecule has 2 aliphatic rings. The van der Waals surface area contributed by atoms with Gasteiger partial charge in [0, 0.05) is 35.9 Å². The Balaban J connectivity index is 1.38. The minimum absolute atomic E-state index is 0.0732. The number of ketones is 1. The number of ether oxygens (including phenoxy) is 2. The molecule has 6 nitrogen and oxygen atoms in total. The van der Waals surface area contributed by atoms with Crippen molar-refractivity contribution in [3.63, 3.8) is 0 Å². The SMILES string of the molecule is Cc1ncsc1CCC(=O)N1CCC[C@@H](C(=O)c2ccc3c(c2)OCO3)C1. The highest BCUT2D eigenvalue weighted by Gasteiger charge is 2.29. The molecule has 1 aromatic heterocycles. The summed E-state index contributed by atoms with van der Waals surface area (Å²) in [5.74, 6) is 1.32. The Bertz CT molecular complexity index is 863. The van der Waals surface area contributed by atoms with Crippen LogP contribution in [0.5, 0.6) is 11.5 Å². The first kappa shape index (κ1) is 18.0. The van der Waals surface area contributed by atoms with Crippen LogP contribution in [0.3, 0.4) is 0 Å². The van der Waals surface area contributed by atoms with Crippen LogP contribution in [0.25, 0.3) is 0 Å². The number of carbonyl (C=O) groups excluding carboxylic acids is 2. The maximum atomic E-state index is 12.9. The molecule has 1 fully saturated rings. The molecule has 0 radical (unpaired) electrons. The summed E-state index contributed by atoms with van der Waals surface area (Å²) in [7, 11) is 0. The summed E-state index contributed by atoms with van der Waals surface area (Å²) in [6, 6.07) is 5.31. The first-order chi connectivity index (χ1) is 13.1. The average molecular weight is 386 g/mol. The van der Waals surface area contributed by atoms with Gasteiger partial charge >= 0.3 is 0 Å². The fraction of sp³-hybridized carbons (Fsp3) is 0.450. The van der Waals surface area contributed by atoms with E-state index < -0.39 is 0 Å². The standard InChI is InChI=1S/C20H22N2O4S/c1-13-18(27-11-21-13)6-7-19(23)22-8-2-3-15(10-22)20(24)14-4-5-16-17(9-14)26-12-25-16/h4-5,9,11,15H,2-3,6-8,10,12H2,1H3/t15-/m1/s1. The van der Waals surface area contributed by atoms with Crippen molar-refractivity contribution >= 4 is 23.0 Å². The smallest absolute Gasteiger partial charge is 0.231 e. The van der Waals surface area contributed by atoms with E-state index in [9.17, 15) is 9.59 Å². The maximum absolute atomic E-state index is 12.9. The molecule has 7 heteroatoms. The number of nitrogens with zero attached hydrogens (tertiary/aromatic N) is 2. The zero-order valence-electron chi connectivity index (χ0n) is 15.3. The Kier molecular flexibility index (Phi) is 5.11. The van der Waals surface area contributed by atoms with Crippen LogP contribution < -0.4 is 9.47 Å². The minimum atomic E-state index is -0.159. The Labute approximate surface area is 162 Å². The molecule has 0 N–H and O–H groups in total.